The lowest BCUT2D eigenvalue weighted by Crippen LogP contribution is -2.42. The van der Waals surface area contributed by atoms with Crippen molar-refractivity contribution in [1.82, 2.24) is 14.6 Å². The Morgan fingerprint density at radius 2 is 2.15 bits per heavy atom. The molecule has 6 heteroatoms. The summed E-state index contributed by atoms with van der Waals surface area (Å²) in [6.45, 7) is 8.87. The molecule has 1 fully saturated rings. The van der Waals surface area contributed by atoms with Crippen molar-refractivity contribution in [1.29, 1.82) is 0 Å². The number of carbonyl (C=O) groups is 1. The lowest BCUT2D eigenvalue weighted by atomic mass is 10.2. The molecular formula is C20H30N4OS. The van der Waals surface area contributed by atoms with Gasteiger partial charge in [-0.3, -0.25) is 9.78 Å². The lowest BCUT2D eigenvalue weighted by Gasteiger charge is -2.24. The zero-order valence-electron chi connectivity index (χ0n) is 16.3. The zero-order chi connectivity index (χ0) is 18.9. The van der Waals surface area contributed by atoms with Gasteiger partial charge in [0.25, 0.3) is 0 Å². The van der Waals surface area contributed by atoms with Crippen molar-refractivity contribution in [2.24, 2.45) is 5.92 Å². The fraction of sp³-hybridized carbons (Fsp3) is 0.550. The summed E-state index contributed by atoms with van der Waals surface area (Å²) in [4.78, 5) is 21.5. The molecule has 0 aliphatic heterocycles. The molecule has 3 rings (SSSR count). The monoisotopic (exact) mass is 374 g/mol. The van der Waals surface area contributed by atoms with Crippen LogP contribution in [0, 0.1) is 12.8 Å². The second-order valence-electron chi connectivity index (χ2n) is 6.13. The highest BCUT2D eigenvalue weighted by molar-refractivity contribution is 7.99. The number of thioether (sulfide) groups is 1. The average Bonchev–Trinajstić information content (AvgIpc) is 3.42. The van der Waals surface area contributed by atoms with Gasteiger partial charge in [-0.05, 0) is 43.6 Å². The van der Waals surface area contributed by atoms with Gasteiger partial charge in [0.1, 0.15) is 5.82 Å². The van der Waals surface area contributed by atoms with E-state index in [1.54, 1.807) is 12.4 Å². The van der Waals surface area contributed by atoms with E-state index in [1.807, 2.05) is 60.5 Å². The van der Waals surface area contributed by atoms with E-state index in [1.165, 1.54) is 12.8 Å². The molecule has 2 aromatic heterocycles. The predicted octanol–water partition coefficient (Wildman–Crippen LogP) is 4.30. The largest absolute Gasteiger partial charge is 0.273 e. The Hall–Kier alpha value is -1.82. The van der Waals surface area contributed by atoms with Gasteiger partial charge in [-0.15, -0.1) is 0 Å². The van der Waals surface area contributed by atoms with E-state index >= 15 is 0 Å². The maximum atomic E-state index is 12.7. The van der Waals surface area contributed by atoms with Crippen LogP contribution in [0.5, 0.6) is 0 Å². The highest BCUT2D eigenvalue weighted by atomic mass is 32.2. The molecular weight excluding hydrogens is 344 g/mol. The first-order valence-electron chi connectivity index (χ1n) is 9.53. The first-order valence-corrected chi connectivity index (χ1v) is 10.7. The smallest absolute Gasteiger partial charge is 0.242 e. The number of pyridine rings is 1. The number of hydrogen-bond donors (Lipinski definition) is 0. The van der Waals surface area contributed by atoms with Crippen LogP contribution in [0.3, 0.4) is 0 Å². The van der Waals surface area contributed by atoms with Gasteiger partial charge in [0, 0.05) is 36.7 Å². The fourth-order valence-electron chi connectivity index (χ4n) is 2.65. The average molecular weight is 375 g/mol. The summed E-state index contributed by atoms with van der Waals surface area (Å²) >= 11 is 1.81. The normalized spacial score (nSPS) is 13.1. The summed E-state index contributed by atoms with van der Waals surface area (Å²) in [6.07, 6.45) is 8.52. The number of amides is 1. The first-order chi connectivity index (χ1) is 12.7. The molecule has 2 aromatic rings. The quantitative estimate of drug-likeness (QED) is 0.647. The summed E-state index contributed by atoms with van der Waals surface area (Å²) in [5.74, 6) is 3.58. The summed E-state index contributed by atoms with van der Waals surface area (Å²) in [7, 11) is 0. The van der Waals surface area contributed by atoms with E-state index in [0.717, 1.165) is 35.1 Å². The van der Waals surface area contributed by atoms with Crippen molar-refractivity contribution in [3.05, 3.63) is 36.5 Å². The molecule has 1 amide bonds. The van der Waals surface area contributed by atoms with Crippen LogP contribution in [0.2, 0.25) is 0 Å². The van der Waals surface area contributed by atoms with Crippen LogP contribution >= 0.6 is 11.8 Å². The number of hydrogen-bond acceptors (Lipinski definition) is 4. The van der Waals surface area contributed by atoms with Crippen molar-refractivity contribution < 1.29 is 4.79 Å². The summed E-state index contributed by atoms with van der Waals surface area (Å²) in [6, 6.07) is 3.89. The number of aryl methyl sites for hydroxylation is 1. The summed E-state index contributed by atoms with van der Waals surface area (Å²) < 4.78 is 1.93. The molecule has 2 heterocycles. The zero-order valence-corrected chi connectivity index (χ0v) is 17.1. The number of rotatable bonds is 8. The maximum Gasteiger partial charge on any atom is 0.242 e. The molecule has 0 aromatic carbocycles. The number of carbonyl (C=O) groups excluding carboxylic acids is 1. The van der Waals surface area contributed by atoms with Gasteiger partial charge in [0.05, 0.1) is 11.9 Å². The SMILES string of the molecule is CC.CCSCCC(=O)N(CC1CC1)n1cc(-c2cccnc2)nc1C. The van der Waals surface area contributed by atoms with E-state index in [4.69, 9.17) is 0 Å². The van der Waals surface area contributed by atoms with Gasteiger partial charge >= 0.3 is 0 Å². The van der Waals surface area contributed by atoms with Crippen LogP contribution in [0.1, 0.15) is 45.9 Å². The number of aromatic nitrogens is 3. The highest BCUT2D eigenvalue weighted by Gasteiger charge is 2.28. The Balaban J connectivity index is 0.00000117. The van der Waals surface area contributed by atoms with E-state index in [9.17, 15) is 4.79 Å². The van der Waals surface area contributed by atoms with Crippen LogP contribution in [-0.2, 0) is 4.79 Å². The van der Waals surface area contributed by atoms with Crippen molar-refractivity contribution in [2.45, 2.75) is 47.0 Å². The molecule has 142 valence electrons. The van der Waals surface area contributed by atoms with Crippen LogP contribution in [0.15, 0.2) is 30.7 Å². The van der Waals surface area contributed by atoms with Crippen molar-refractivity contribution in [3.8, 4) is 11.3 Å². The van der Waals surface area contributed by atoms with Gasteiger partial charge in [-0.1, -0.05) is 20.8 Å². The van der Waals surface area contributed by atoms with Gasteiger partial charge in [0.2, 0.25) is 5.91 Å². The highest BCUT2D eigenvalue weighted by Crippen LogP contribution is 2.30. The summed E-state index contributed by atoms with van der Waals surface area (Å²) in [5.41, 5.74) is 1.83. The van der Waals surface area contributed by atoms with E-state index in [-0.39, 0.29) is 5.91 Å². The third kappa shape index (κ3) is 5.59. The predicted molar refractivity (Wildman–Crippen MR) is 110 cm³/mol. The Bertz CT molecular complexity index is 682. The van der Waals surface area contributed by atoms with Crippen LogP contribution in [0.25, 0.3) is 11.3 Å². The van der Waals surface area contributed by atoms with Crippen LogP contribution in [-0.4, -0.2) is 38.6 Å². The molecule has 1 aliphatic rings. The maximum absolute atomic E-state index is 12.7. The minimum atomic E-state index is 0.182. The third-order valence-corrected chi connectivity index (χ3v) is 5.06. The second kappa shape index (κ2) is 10.4. The van der Waals surface area contributed by atoms with Gasteiger partial charge in [-0.2, -0.15) is 11.8 Å². The third-order valence-electron chi connectivity index (χ3n) is 4.16. The van der Waals surface area contributed by atoms with Crippen LogP contribution in [0.4, 0.5) is 0 Å². The van der Waals surface area contributed by atoms with Crippen LogP contribution < -0.4 is 5.01 Å². The van der Waals surface area contributed by atoms with E-state index < -0.39 is 0 Å². The van der Waals surface area contributed by atoms with Gasteiger partial charge in [0.15, 0.2) is 0 Å². The minimum absolute atomic E-state index is 0.182. The molecule has 0 bridgehead atoms. The Morgan fingerprint density at radius 1 is 1.38 bits per heavy atom. The molecule has 0 radical (unpaired) electrons. The molecule has 0 N–H and O–H groups in total. The van der Waals surface area contributed by atoms with E-state index in [2.05, 4.69) is 16.9 Å². The van der Waals surface area contributed by atoms with E-state index in [0.29, 0.717) is 12.3 Å². The summed E-state index contributed by atoms with van der Waals surface area (Å²) in [5, 5.41) is 1.89. The Labute approximate surface area is 161 Å². The lowest BCUT2D eigenvalue weighted by molar-refractivity contribution is -0.119. The Kier molecular flexibility index (Phi) is 8.16. The first kappa shape index (κ1) is 20.5. The molecule has 0 saturated heterocycles. The molecule has 26 heavy (non-hydrogen) atoms. The van der Waals surface area contributed by atoms with Crippen molar-refractivity contribution in [3.63, 3.8) is 0 Å². The molecule has 0 atom stereocenters. The fourth-order valence-corrected chi connectivity index (χ4v) is 3.26. The Morgan fingerprint density at radius 3 is 2.77 bits per heavy atom. The standard InChI is InChI=1S/C18H24N4OS.C2H6/c1-3-24-10-8-18(23)22(12-15-6-7-15)21-13-17(20-14(21)2)16-5-4-9-19-11-16;1-2/h4-5,9,11,13,15H,3,6-8,10,12H2,1-2H3;1-2H3. The second-order valence-corrected chi connectivity index (χ2v) is 7.52. The topological polar surface area (TPSA) is 51.0 Å². The minimum Gasteiger partial charge on any atom is -0.273 e. The van der Waals surface area contributed by atoms with Gasteiger partial charge < -0.3 is 0 Å². The number of nitrogens with zero attached hydrogens (tertiary/aromatic N) is 4. The van der Waals surface area contributed by atoms with Crippen molar-refractivity contribution in [2.75, 3.05) is 23.1 Å². The number of imidazole rings is 1. The molecule has 1 saturated carbocycles. The van der Waals surface area contributed by atoms with Gasteiger partial charge in [-0.25, -0.2) is 14.7 Å². The van der Waals surface area contributed by atoms with Crippen molar-refractivity contribution >= 4 is 17.7 Å². The molecule has 0 unspecified atom stereocenters. The molecule has 0 spiro atoms. The molecule has 1 aliphatic carbocycles. The molecule has 5 nitrogen and oxygen atoms in total.